The van der Waals surface area contributed by atoms with Crippen LogP contribution in [-0.2, 0) is 9.84 Å². The molecule has 25 heavy (non-hydrogen) atoms. The molecule has 0 saturated carbocycles. The minimum absolute atomic E-state index is 0.172. The summed E-state index contributed by atoms with van der Waals surface area (Å²) in [4.78, 5) is 12.4. The van der Waals surface area contributed by atoms with Crippen LogP contribution in [0.2, 0.25) is 0 Å². The van der Waals surface area contributed by atoms with Crippen molar-refractivity contribution in [3.63, 3.8) is 0 Å². The van der Waals surface area contributed by atoms with E-state index in [-0.39, 0.29) is 16.4 Å². The first-order valence-corrected chi connectivity index (χ1v) is 9.15. The number of carbonyl (C=O) groups excluding carboxylic acids is 1. The molecule has 0 aliphatic rings. The molecule has 0 aliphatic heterocycles. The third-order valence-electron chi connectivity index (χ3n) is 3.50. The lowest BCUT2D eigenvalue weighted by Gasteiger charge is -2.04. The van der Waals surface area contributed by atoms with E-state index in [4.69, 9.17) is 0 Å². The molecule has 1 aromatic heterocycles. The number of halogens is 1. The van der Waals surface area contributed by atoms with E-state index in [2.05, 4.69) is 15.5 Å². The number of benzene rings is 2. The zero-order valence-corrected chi connectivity index (χ0v) is 14.0. The molecule has 6 nitrogen and oxygen atoms in total. The first-order valence-electron chi connectivity index (χ1n) is 7.26. The monoisotopic (exact) mass is 359 g/mol. The zero-order chi connectivity index (χ0) is 18.0. The Morgan fingerprint density at radius 1 is 1.08 bits per heavy atom. The van der Waals surface area contributed by atoms with Crippen molar-refractivity contribution in [1.82, 2.24) is 10.2 Å². The molecule has 3 rings (SSSR count). The normalized spacial score (nSPS) is 11.3. The predicted octanol–water partition coefficient (Wildman–Crippen LogP) is 2.87. The molecule has 0 spiro atoms. The van der Waals surface area contributed by atoms with Crippen molar-refractivity contribution < 1.29 is 17.6 Å². The van der Waals surface area contributed by atoms with Crippen molar-refractivity contribution in [1.29, 1.82) is 0 Å². The van der Waals surface area contributed by atoms with Crippen LogP contribution in [0.15, 0.2) is 59.5 Å². The summed E-state index contributed by atoms with van der Waals surface area (Å²) in [7, 11) is -3.29. The number of amides is 1. The van der Waals surface area contributed by atoms with Crippen molar-refractivity contribution in [2.45, 2.75) is 4.90 Å². The van der Waals surface area contributed by atoms with Crippen molar-refractivity contribution in [3.8, 4) is 11.3 Å². The molecule has 0 atom stereocenters. The fourth-order valence-corrected chi connectivity index (χ4v) is 2.82. The number of nitrogens with one attached hydrogen (secondary N) is 2. The van der Waals surface area contributed by atoms with Gasteiger partial charge in [0.1, 0.15) is 11.5 Å². The van der Waals surface area contributed by atoms with Crippen molar-refractivity contribution in [2.75, 3.05) is 11.6 Å². The van der Waals surface area contributed by atoms with Crippen LogP contribution in [0.5, 0.6) is 0 Å². The number of carbonyl (C=O) groups is 1. The number of anilines is 1. The third-order valence-corrected chi connectivity index (χ3v) is 4.63. The fraction of sp³-hybridized carbons (Fsp3) is 0.0588. The lowest BCUT2D eigenvalue weighted by Crippen LogP contribution is -2.12. The maximum atomic E-state index is 13.0. The van der Waals surface area contributed by atoms with E-state index < -0.39 is 15.7 Å². The quantitative estimate of drug-likeness (QED) is 0.749. The maximum absolute atomic E-state index is 13.0. The number of hydrogen-bond donors (Lipinski definition) is 2. The van der Waals surface area contributed by atoms with Crippen molar-refractivity contribution in [2.24, 2.45) is 0 Å². The molecule has 0 fully saturated rings. The van der Waals surface area contributed by atoms with Gasteiger partial charge in [-0.25, -0.2) is 12.8 Å². The van der Waals surface area contributed by atoms with Crippen LogP contribution in [0.25, 0.3) is 11.3 Å². The number of sulfone groups is 1. The van der Waals surface area contributed by atoms with Gasteiger partial charge in [-0.1, -0.05) is 0 Å². The van der Waals surface area contributed by atoms with E-state index in [9.17, 15) is 17.6 Å². The summed E-state index contributed by atoms with van der Waals surface area (Å²) in [6.07, 6.45) is 1.11. The van der Waals surface area contributed by atoms with Crippen LogP contribution in [0.1, 0.15) is 10.5 Å². The molecule has 1 amide bonds. The molecular formula is C17H14FN3O3S. The van der Waals surface area contributed by atoms with Gasteiger partial charge in [0.25, 0.3) is 5.91 Å². The highest BCUT2D eigenvalue weighted by molar-refractivity contribution is 7.90. The Labute approximate surface area is 143 Å². The zero-order valence-electron chi connectivity index (χ0n) is 13.2. The van der Waals surface area contributed by atoms with E-state index in [0.29, 0.717) is 16.9 Å². The molecule has 2 N–H and O–H groups in total. The fourth-order valence-electron chi connectivity index (χ4n) is 2.19. The number of hydrogen-bond acceptors (Lipinski definition) is 4. The van der Waals surface area contributed by atoms with E-state index in [0.717, 1.165) is 6.26 Å². The number of rotatable bonds is 4. The summed E-state index contributed by atoms with van der Waals surface area (Å²) in [5.74, 6) is -0.775. The molecule has 0 aliphatic carbocycles. The van der Waals surface area contributed by atoms with Gasteiger partial charge in [0, 0.05) is 17.5 Å². The molecule has 0 unspecified atom stereocenters. The van der Waals surface area contributed by atoms with Crippen LogP contribution in [0.4, 0.5) is 10.1 Å². The molecular weight excluding hydrogens is 345 g/mol. The largest absolute Gasteiger partial charge is 0.321 e. The Balaban J connectivity index is 1.75. The molecule has 128 valence electrons. The Morgan fingerprint density at radius 3 is 2.32 bits per heavy atom. The highest BCUT2D eigenvalue weighted by Crippen LogP contribution is 2.19. The molecule has 3 aromatic rings. The third kappa shape index (κ3) is 3.92. The van der Waals surface area contributed by atoms with Gasteiger partial charge in [0.15, 0.2) is 9.84 Å². The van der Waals surface area contributed by atoms with Crippen molar-refractivity contribution >= 4 is 21.4 Å². The highest BCUT2D eigenvalue weighted by Gasteiger charge is 2.12. The second kappa shape index (κ2) is 6.48. The van der Waals surface area contributed by atoms with Crippen LogP contribution in [-0.4, -0.2) is 30.8 Å². The van der Waals surface area contributed by atoms with Gasteiger partial charge in [0.2, 0.25) is 0 Å². The van der Waals surface area contributed by atoms with Gasteiger partial charge >= 0.3 is 0 Å². The molecule has 0 bridgehead atoms. The van der Waals surface area contributed by atoms with Crippen molar-refractivity contribution in [3.05, 3.63) is 66.1 Å². The van der Waals surface area contributed by atoms with Crippen LogP contribution < -0.4 is 5.32 Å². The molecule has 0 radical (unpaired) electrons. The Morgan fingerprint density at radius 2 is 1.72 bits per heavy atom. The molecule has 1 heterocycles. The first kappa shape index (κ1) is 16.8. The lowest BCUT2D eigenvalue weighted by molar-refractivity contribution is 0.102. The summed E-state index contributed by atoms with van der Waals surface area (Å²) < 4.78 is 35.8. The summed E-state index contributed by atoms with van der Waals surface area (Å²) in [6.45, 7) is 0. The molecule has 8 heteroatoms. The summed E-state index contributed by atoms with van der Waals surface area (Å²) >= 11 is 0. The Bertz CT molecular complexity index is 1010. The first-order chi connectivity index (χ1) is 11.8. The topological polar surface area (TPSA) is 91.9 Å². The highest BCUT2D eigenvalue weighted by atomic mass is 32.2. The van der Waals surface area contributed by atoms with Gasteiger partial charge < -0.3 is 5.32 Å². The predicted molar refractivity (Wildman–Crippen MR) is 91.5 cm³/mol. The summed E-state index contributed by atoms with van der Waals surface area (Å²) in [6, 6.07) is 13.2. The average molecular weight is 359 g/mol. The van der Waals surface area contributed by atoms with E-state index in [1.54, 1.807) is 18.2 Å². The van der Waals surface area contributed by atoms with E-state index in [1.165, 1.54) is 36.4 Å². The minimum Gasteiger partial charge on any atom is -0.321 e. The average Bonchev–Trinajstić information content (AvgIpc) is 3.05. The lowest BCUT2D eigenvalue weighted by atomic mass is 10.1. The molecule has 0 saturated heterocycles. The SMILES string of the molecule is CS(=O)(=O)c1ccc(NC(=O)c2cc(-c3ccc(F)cc3)n[nH]2)cc1. The molecule has 2 aromatic carbocycles. The second-order valence-electron chi connectivity index (χ2n) is 5.42. The van der Waals surface area contributed by atoms with Crippen LogP contribution in [0, 0.1) is 5.82 Å². The van der Waals surface area contributed by atoms with E-state index >= 15 is 0 Å². The van der Waals surface area contributed by atoms with Crippen LogP contribution >= 0.6 is 0 Å². The van der Waals surface area contributed by atoms with Gasteiger partial charge in [-0.3, -0.25) is 9.89 Å². The van der Waals surface area contributed by atoms with Crippen LogP contribution in [0.3, 0.4) is 0 Å². The van der Waals surface area contributed by atoms with Gasteiger partial charge in [-0.2, -0.15) is 5.10 Å². The number of nitrogens with zero attached hydrogens (tertiary/aromatic N) is 1. The van der Waals surface area contributed by atoms with Gasteiger partial charge in [-0.15, -0.1) is 0 Å². The van der Waals surface area contributed by atoms with E-state index in [1.807, 2.05) is 0 Å². The standard InChI is InChI=1S/C17H14FN3O3S/c1-25(23,24)14-8-6-13(7-9-14)19-17(22)16-10-15(20-21-16)11-2-4-12(18)5-3-11/h2-10H,1H3,(H,19,22)(H,20,21). The van der Waals surface area contributed by atoms with Gasteiger partial charge in [-0.05, 0) is 54.6 Å². The Kier molecular flexibility index (Phi) is 4.37. The summed E-state index contributed by atoms with van der Waals surface area (Å²) in [5.41, 5.74) is 1.87. The number of H-pyrrole nitrogens is 1. The minimum atomic E-state index is -3.29. The smallest absolute Gasteiger partial charge is 0.273 e. The maximum Gasteiger partial charge on any atom is 0.273 e. The van der Waals surface area contributed by atoms with Gasteiger partial charge in [0.05, 0.1) is 10.6 Å². The second-order valence-corrected chi connectivity index (χ2v) is 7.44. The number of aromatic amines is 1. The summed E-state index contributed by atoms with van der Waals surface area (Å²) in [5, 5.41) is 9.31. The Hall–Kier alpha value is -3.00. The number of aromatic nitrogens is 2.